The number of ether oxygens (including phenoxy) is 1. The van der Waals surface area contributed by atoms with Crippen LogP contribution in [0.25, 0.3) is 0 Å². The van der Waals surface area contributed by atoms with Crippen molar-refractivity contribution in [2.75, 3.05) is 13.7 Å². The minimum Gasteiger partial charge on any atom is -0.480 e. The summed E-state index contributed by atoms with van der Waals surface area (Å²) >= 11 is 0.958. The van der Waals surface area contributed by atoms with E-state index in [2.05, 4.69) is 0 Å². The Hall–Kier alpha value is -3.36. The number of nitrogens with zero attached hydrogens (tertiary/aromatic N) is 1. The molecule has 0 spiro atoms. The zero-order valence-electron chi connectivity index (χ0n) is 23.1. The zero-order valence-corrected chi connectivity index (χ0v) is 23.9. The van der Waals surface area contributed by atoms with Crippen molar-refractivity contribution in [1.82, 2.24) is 4.90 Å². The van der Waals surface area contributed by atoms with Gasteiger partial charge in [-0.1, -0.05) is 24.3 Å². The number of amides is 1. The van der Waals surface area contributed by atoms with E-state index < -0.39 is 69.9 Å². The van der Waals surface area contributed by atoms with Crippen LogP contribution in [0.4, 0.5) is 35.1 Å². The highest BCUT2D eigenvalue weighted by atomic mass is 32.2. The highest BCUT2D eigenvalue weighted by Crippen LogP contribution is 2.55. The molecular weight excluding hydrogens is 626 g/mol. The molecule has 44 heavy (non-hydrogen) atoms. The molecule has 240 valence electrons. The van der Waals surface area contributed by atoms with Gasteiger partial charge in [0, 0.05) is 22.9 Å². The largest absolute Gasteiger partial charge is 0.480 e. The molecule has 2 atom stereocenters. The van der Waals surface area contributed by atoms with E-state index in [9.17, 15) is 54.6 Å². The Morgan fingerprint density at radius 1 is 0.864 bits per heavy atom. The van der Waals surface area contributed by atoms with Crippen LogP contribution in [0.1, 0.15) is 43.2 Å². The van der Waals surface area contributed by atoms with Gasteiger partial charge in [-0.15, -0.1) is 11.8 Å². The van der Waals surface area contributed by atoms with Gasteiger partial charge in [0.2, 0.25) is 5.91 Å². The van der Waals surface area contributed by atoms with Crippen LogP contribution in [0.5, 0.6) is 0 Å². The van der Waals surface area contributed by atoms with Crippen LogP contribution in [-0.2, 0) is 29.5 Å². The predicted octanol–water partition coefficient (Wildman–Crippen LogP) is 6.77. The number of carbonyl (C=O) groups excluding carboxylic acids is 2. The third-order valence-corrected chi connectivity index (χ3v) is 9.65. The lowest BCUT2D eigenvalue weighted by molar-refractivity contribution is -0.348. The number of likely N-dealkylation sites (tertiary alicyclic amines) is 1. The monoisotopic (exact) mass is 653 g/mol. The second-order valence-corrected chi connectivity index (χ2v) is 12.3. The summed E-state index contributed by atoms with van der Waals surface area (Å²) in [6.07, 6.45) is -11.8. The smallest absolute Gasteiger partial charge is 0.435 e. The van der Waals surface area contributed by atoms with E-state index in [1.54, 1.807) is 0 Å². The van der Waals surface area contributed by atoms with Crippen molar-refractivity contribution >= 4 is 29.6 Å². The number of methoxy groups -OCH3 is 1. The lowest BCUT2D eigenvalue weighted by atomic mass is 9.81. The van der Waals surface area contributed by atoms with Crippen LogP contribution in [0.15, 0.2) is 53.4 Å². The van der Waals surface area contributed by atoms with Gasteiger partial charge >= 0.3 is 30.0 Å². The van der Waals surface area contributed by atoms with Crippen molar-refractivity contribution in [2.45, 2.75) is 65.8 Å². The van der Waals surface area contributed by atoms with Crippen LogP contribution in [0, 0.1) is 17.7 Å². The molecule has 1 unspecified atom stereocenters. The molecule has 2 fully saturated rings. The molecule has 2 aromatic carbocycles. The Bertz CT molecular complexity index is 1360. The molecule has 15 heteroatoms. The number of thioether (sulfide) groups is 1. The summed E-state index contributed by atoms with van der Waals surface area (Å²) in [6, 6.07) is 5.88. The van der Waals surface area contributed by atoms with Crippen molar-refractivity contribution < 1.29 is 59.4 Å². The van der Waals surface area contributed by atoms with Gasteiger partial charge in [-0.2, -0.15) is 26.3 Å². The fourth-order valence-electron chi connectivity index (χ4n) is 5.86. The molecule has 1 N–H and O–H groups in total. The van der Waals surface area contributed by atoms with Gasteiger partial charge in [0.05, 0.1) is 17.8 Å². The summed E-state index contributed by atoms with van der Waals surface area (Å²) in [5, 5.41) is 10.1. The molecule has 2 aliphatic rings. The molecule has 1 amide bonds. The highest BCUT2D eigenvalue weighted by molar-refractivity contribution is 8.00. The molecule has 6 nitrogen and oxygen atoms in total. The summed E-state index contributed by atoms with van der Waals surface area (Å²) in [6.45, 7) is -0.319. The minimum absolute atomic E-state index is 0.0400. The molecule has 1 aliphatic heterocycles. The predicted molar refractivity (Wildman–Crippen MR) is 140 cm³/mol. The second-order valence-electron chi connectivity index (χ2n) is 10.9. The first kappa shape index (κ1) is 33.5. The van der Waals surface area contributed by atoms with E-state index in [-0.39, 0.29) is 31.4 Å². The van der Waals surface area contributed by atoms with Gasteiger partial charge in [-0.25, -0.2) is 13.6 Å². The van der Waals surface area contributed by atoms with Crippen molar-refractivity contribution in [2.24, 2.45) is 11.8 Å². The third kappa shape index (κ3) is 6.24. The Morgan fingerprint density at radius 3 is 1.86 bits per heavy atom. The van der Waals surface area contributed by atoms with Crippen LogP contribution < -0.4 is 0 Å². The number of alkyl halides is 7. The maximum Gasteiger partial charge on any atom is 0.435 e. The number of benzene rings is 2. The highest BCUT2D eigenvalue weighted by Gasteiger charge is 2.73. The van der Waals surface area contributed by atoms with Gasteiger partial charge in [0.15, 0.2) is 0 Å². The number of esters is 1. The van der Waals surface area contributed by atoms with Crippen molar-refractivity contribution in [3.05, 3.63) is 65.5 Å². The molecule has 1 saturated heterocycles. The Kier molecular flexibility index (Phi) is 9.30. The van der Waals surface area contributed by atoms with E-state index in [4.69, 9.17) is 4.74 Å². The number of hydrogen-bond donors (Lipinski definition) is 1. The van der Waals surface area contributed by atoms with Crippen LogP contribution in [-0.4, -0.2) is 59.9 Å². The van der Waals surface area contributed by atoms with E-state index in [1.807, 2.05) is 0 Å². The number of carboxylic acid groups (broad SMARTS) is 1. The van der Waals surface area contributed by atoms with Crippen LogP contribution >= 0.6 is 11.8 Å². The van der Waals surface area contributed by atoms with Gasteiger partial charge < -0.3 is 14.7 Å². The van der Waals surface area contributed by atoms with Crippen LogP contribution in [0.3, 0.4) is 0 Å². The molecule has 4 rings (SSSR count). The molecule has 1 aliphatic carbocycles. The fraction of sp³-hybridized carbons (Fsp3) is 0.483. The zero-order chi connectivity index (χ0) is 32.7. The Balaban J connectivity index is 1.73. The Morgan fingerprint density at radius 2 is 1.39 bits per heavy atom. The standard InChI is InChI=1S/C29H27F8NO5S/c1-43-25(42)17-4-2-16(3-5-17)23(39)38-15-26(14-22(38)24(40)41,44-21-12-10-20(30)11-13-21)18-6-8-19(9-7-18)27(31,28(32,33)34)29(35,36)37/h6-13,16-17,22H,2-5,14-15H2,1H3,(H,40,41)/t16-,17-,22-,26?/m0/s1. The maximum absolute atomic E-state index is 14.7. The summed E-state index contributed by atoms with van der Waals surface area (Å²) < 4.78 is 112. The number of halogens is 8. The van der Waals surface area contributed by atoms with Crippen molar-refractivity contribution in [3.63, 3.8) is 0 Å². The first-order valence-electron chi connectivity index (χ1n) is 13.4. The Labute approximate surface area is 250 Å². The lowest BCUT2D eigenvalue weighted by Gasteiger charge is -2.33. The van der Waals surface area contributed by atoms with Crippen molar-refractivity contribution in [3.8, 4) is 0 Å². The van der Waals surface area contributed by atoms with E-state index in [1.165, 1.54) is 19.2 Å². The summed E-state index contributed by atoms with van der Waals surface area (Å²) in [5.74, 6) is -4.00. The van der Waals surface area contributed by atoms with Crippen molar-refractivity contribution in [1.29, 1.82) is 0 Å². The van der Waals surface area contributed by atoms with E-state index in [0.29, 0.717) is 29.9 Å². The number of aliphatic carboxylic acids is 1. The molecule has 1 heterocycles. The number of carbonyl (C=O) groups is 3. The molecule has 2 aromatic rings. The summed E-state index contributed by atoms with van der Waals surface area (Å²) in [7, 11) is 1.24. The molecule has 0 aromatic heterocycles. The molecule has 0 bridgehead atoms. The van der Waals surface area contributed by atoms with E-state index >= 15 is 0 Å². The van der Waals surface area contributed by atoms with Gasteiger partial charge in [-0.3, -0.25) is 9.59 Å². The second kappa shape index (κ2) is 12.2. The molecular formula is C29H27F8NO5S. The number of rotatable bonds is 7. The SMILES string of the molecule is COC(=O)[C@H]1CC[C@H](C(=O)N2CC(Sc3ccc(F)cc3)(c3ccc(C(F)(C(F)(F)F)C(F)(F)F)cc3)C[C@H]2C(=O)O)CC1. The lowest BCUT2D eigenvalue weighted by Crippen LogP contribution is -2.50. The average molecular weight is 654 g/mol. The van der Waals surface area contributed by atoms with Gasteiger partial charge in [0.1, 0.15) is 11.9 Å². The first-order valence-corrected chi connectivity index (χ1v) is 14.2. The topological polar surface area (TPSA) is 83.9 Å². The van der Waals surface area contributed by atoms with Gasteiger partial charge in [0.25, 0.3) is 0 Å². The number of hydrogen-bond acceptors (Lipinski definition) is 5. The maximum atomic E-state index is 14.7. The average Bonchev–Trinajstić information content (AvgIpc) is 3.37. The summed E-state index contributed by atoms with van der Waals surface area (Å²) in [4.78, 5) is 39.4. The van der Waals surface area contributed by atoms with E-state index in [0.717, 1.165) is 40.9 Å². The van der Waals surface area contributed by atoms with Crippen LogP contribution in [0.2, 0.25) is 0 Å². The normalized spacial score (nSPS) is 24.7. The molecule has 1 saturated carbocycles. The minimum atomic E-state index is -6.33. The molecule has 0 radical (unpaired) electrons. The number of carboxylic acids is 1. The third-order valence-electron chi connectivity index (χ3n) is 8.22. The van der Waals surface area contributed by atoms with Gasteiger partial charge in [-0.05, 0) is 61.9 Å². The first-order chi connectivity index (χ1) is 20.4. The fourth-order valence-corrected chi connectivity index (χ4v) is 7.29. The quantitative estimate of drug-likeness (QED) is 0.263. The summed E-state index contributed by atoms with van der Waals surface area (Å²) in [5.41, 5.74) is -7.34.